The Hall–Kier alpha value is -0.830. The number of rotatable bonds is 3. The van der Waals surface area contributed by atoms with Crippen LogP contribution < -0.4 is 0 Å². The maximum Gasteiger partial charge on any atom is 0.226 e. The first-order chi connectivity index (χ1) is 8.28. The molecular formula is C14H21NO2. The predicted octanol–water partition coefficient (Wildman–Crippen LogP) is 1.43. The van der Waals surface area contributed by atoms with E-state index < -0.39 is 0 Å². The van der Waals surface area contributed by atoms with Gasteiger partial charge in [0.1, 0.15) is 0 Å². The maximum atomic E-state index is 12.4. The molecule has 3 aliphatic rings. The van der Waals surface area contributed by atoms with E-state index in [-0.39, 0.29) is 12.5 Å². The number of aliphatic hydroxyl groups excluding tert-OH is 1. The molecule has 2 fully saturated rings. The molecule has 3 rings (SSSR count). The summed E-state index contributed by atoms with van der Waals surface area (Å²) >= 11 is 0. The minimum atomic E-state index is 0.254. The van der Waals surface area contributed by atoms with Crippen LogP contribution in [-0.2, 0) is 4.79 Å². The van der Waals surface area contributed by atoms with Crippen LogP contribution >= 0.6 is 0 Å². The lowest BCUT2D eigenvalue weighted by Crippen LogP contribution is -2.36. The molecule has 2 bridgehead atoms. The van der Waals surface area contributed by atoms with E-state index >= 15 is 0 Å². The lowest BCUT2D eigenvalue weighted by molar-refractivity contribution is -0.135. The number of likely N-dealkylation sites (tertiary alicyclic amines) is 1. The third-order valence-electron chi connectivity index (χ3n) is 4.73. The summed E-state index contributed by atoms with van der Waals surface area (Å²) in [5, 5.41) is 8.94. The fourth-order valence-electron chi connectivity index (χ4n) is 3.75. The van der Waals surface area contributed by atoms with Gasteiger partial charge in [0.25, 0.3) is 0 Å². The van der Waals surface area contributed by atoms with Gasteiger partial charge in [0.2, 0.25) is 5.91 Å². The highest BCUT2D eigenvalue weighted by Gasteiger charge is 2.42. The molecule has 0 radical (unpaired) electrons. The zero-order valence-electron chi connectivity index (χ0n) is 10.2. The van der Waals surface area contributed by atoms with Crippen molar-refractivity contribution in [3.05, 3.63) is 12.2 Å². The molecule has 3 nitrogen and oxygen atoms in total. The Bertz CT molecular complexity index is 339. The van der Waals surface area contributed by atoms with Gasteiger partial charge in [-0.25, -0.2) is 0 Å². The third-order valence-corrected chi connectivity index (χ3v) is 4.73. The van der Waals surface area contributed by atoms with E-state index in [4.69, 9.17) is 5.11 Å². The summed E-state index contributed by atoms with van der Waals surface area (Å²) in [7, 11) is 0. The summed E-state index contributed by atoms with van der Waals surface area (Å²) in [5.74, 6) is 2.35. The number of carbonyl (C=O) groups is 1. The standard InChI is InChI=1S/C14H21NO2/c16-6-4-10-3-5-15(9-10)14(17)13-8-11-1-2-12(13)7-11/h1-2,10-13,16H,3-9H2. The van der Waals surface area contributed by atoms with Crippen LogP contribution in [0.2, 0.25) is 0 Å². The SMILES string of the molecule is O=C(C1CC2C=CC1C2)N1CCC(CCO)C1. The molecule has 94 valence electrons. The van der Waals surface area contributed by atoms with Crippen LogP contribution in [-0.4, -0.2) is 35.6 Å². The summed E-state index contributed by atoms with van der Waals surface area (Å²) < 4.78 is 0. The van der Waals surface area contributed by atoms with E-state index in [2.05, 4.69) is 12.2 Å². The zero-order valence-corrected chi connectivity index (χ0v) is 10.2. The van der Waals surface area contributed by atoms with Crippen LogP contribution in [0.1, 0.15) is 25.7 Å². The van der Waals surface area contributed by atoms with Gasteiger partial charge in [0.15, 0.2) is 0 Å². The Balaban J connectivity index is 1.59. The summed E-state index contributed by atoms with van der Waals surface area (Å²) in [6.07, 6.45) is 8.72. The molecule has 1 saturated heterocycles. The Kier molecular flexibility index (Phi) is 2.95. The topological polar surface area (TPSA) is 40.5 Å². The van der Waals surface area contributed by atoms with Gasteiger partial charge in [-0.3, -0.25) is 4.79 Å². The molecule has 1 amide bonds. The third kappa shape index (κ3) is 2.01. The van der Waals surface area contributed by atoms with Crippen molar-refractivity contribution in [1.82, 2.24) is 4.90 Å². The molecule has 1 heterocycles. The summed E-state index contributed by atoms with van der Waals surface area (Å²) in [6.45, 7) is 2.03. The number of amides is 1. The van der Waals surface area contributed by atoms with Crippen LogP contribution in [0.4, 0.5) is 0 Å². The molecule has 2 aliphatic carbocycles. The van der Waals surface area contributed by atoms with Crippen molar-refractivity contribution in [1.29, 1.82) is 0 Å². The minimum absolute atomic E-state index is 0.254. The minimum Gasteiger partial charge on any atom is -0.396 e. The highest BCUT2D eigenvalue weighted by molar-refractivity contribution is 5.80. The first kappa shape index (κ1) is 11.3. The average Bonchev–Trinajstić information content (AvgIpc) is 3.03. The summed E-state index contributed by atoms with van der Waals surface area (Å²) in [6, 6.07) is 0. The average molecular weight is 235 g/mol. The predicted molar refractivity (Wildman–Crippen MR) is 65.2 cm³/mol. The number of hydrogen-bond acceptors (Lipinski definition) is 2. The monoisotopic (exact) mass is 235 g/mol. The van der Waals surface area contributed by atoms with E-state index in [1.807, 2.05) is 4.90 Å². The Morgan fingerprint density at radius 1 is 1.35 bits per heavy atom. The van der Waals surface area contributed by atoms with Gasteiger partial charge in [-0.2, -0.15) is 0 Å². The Labute approximate surface area is 102 Å². The van der Waals surface area contributed by atoms with E-state index in [0.29, 0.717) is 23.7 Å². The number of allylic oxidation sites excluding steroid dienone is 2. The summed E-state index contributed by atoms with van der Waals surface area (Å²) in [5.41, 5.74) is 0. The van der Waals surface area contributed by atoms with Crippen LogP contribution in [0.25, 0.3) is 0 Å². The van der Waals surface area contributed by atoms with Crippen molar-refractivity contribution in [2.45, 2.75) is 25.7 Å². The van der Waals surface area contributed by atoms with E-state index in [1.54, 1.807) is 0 Å². The summed E-state index contributed by atoms with van der Waals surface area (Å²) in [4.78, 5) is 14.5. The first-order valence-electron chi connectivity index (χ1n) is 6.86. The highest BCUT2D eigenvalue weighted by Crippen LogP contribution is 2.44. The molecule has 0 spiro atoms. The van der Waals surface area contributed by atoms with Crippen molar-refractivity contribution < 1.29 is 9.90 Å². The maximum absolute atomic E-state index is 12.4. The molecule has 0 aromatic heterocycles. The van der Waals surface area contributed by atoms with Gasteiger partial charge in [-0.05, 0) is 43.4 Å². The molecule has 4 unspecified atom stereocenters. The van der Waals surface area contributed by atoms with E-state index in [1.165, 1.54) is 6.42 Å². The van der Waals surface area contributed by atoms with Gasteiger partial charge in [-0.1, -0.05) is 12.2 Å². The second-order valence-corrected chi connectivity index (χ2v) is 5.84. The van der Waals surface area contributed by atoms with Crippen molar-refractivity contribution >= 4 is 5.91 Å². The quantitative estimate of drug-likeness (QED) is 0.752. The molecule has 0 aromatic carbocycles. The van der Waals surface area contributed by atoms with Crippen LogP contribution in [0.15, 0.2) is 12.2 Å². The number of nitrogens with zero attached hydrogens (tertiary/aromatic N) is 1. The Morgan fingerprint density at radius 2 is 2.24 bits per heavy atom. The molecule has 1 N–H and O–H groups in total. The van der Waals surface area contributed by atoms with Gasteiger partial charge in [-0.15, -0.1) is 0 Å². The molecule has 17 heavy (non-hydrogen) atoms. The van der Waals surface area contributed by atoms with Gasteiger partial charge in [0, 0.05) is 25.6 Å². The fraction of sp³-hybridized carbons (Fsp3) is 0.786. The van der Waals surface area contributed by atoms with Gasteiger partial charge < -0.3 is 10.0 Å². The molecule has 4 atom stereocenters. The molecule has 0 aromatic rings. The number of hydrogen-bond donors (Lipinski definition) is 1. The van der Waals surface area contributed by atoms with Crippen LogP contribution in [0.5, 0.6) is 0 Å². The largest absolute Gasteiger partial charge is 0.396 e. The van der Waals surface area contributed by atoms with Gasteiger partial charge >= 0.3 is 0 Å². The van der Waals surface area contributed by atoms with Crippen LogP contribution in [0, 0.1) is 23.7 Å². The van der Waals surface area contributed by atoms with Gasteiger partial charge in [0.05, 0.1) is 0 Å². The second-order valence-electron chi connectivity index (χ2n) is 5.84. The highest BCUT2D eigenvalue weighted by atomic mass is 16.3. The normalized spacial score (nSPS) is 39.2. The van der Waals surface area contributed by atoms with Crippen molar-refractivity contribution in [3.63, 3.8) is 0 Å². The van der Waals surface area contributed by atoms with Crippen molar-refractivity contribution in [2.75, 3.05) is 19.7 Å². The molecule has 1 saturated carbocycles. The lowest BCUT2D eigenvalue weighted by atomic mass is 9.92. The Morgan fingerprint density at radius 3 is 2.88 bits per heavy atom. The molecular weight excluding hydrogens is 214 g/mol. The first-order valence-corrected chi connectivity index (χ1v) is 6.86. The van der Waals surface area contributed by atoms with E-state index in [0.717, 1.165) is 32.4 Å². The number of carbonyl (C=O) groups excluding carboxylic acids is 1. The number of fused-ring (bicyclic) bond motifs is 2. The fourth-order valence-corrected chi connectivity index (χ4v) is 3.75. The van der Waals surface area contributed by atoms with E-state index in [9.17, 15) is 4.79 Å². The van der Waals surface area contributed by atoms with Crippen molar-refractivity contribution in [3.8, 4) is 0 Å². The smallest absolute Gasteiger partial charge is 0.226 e. The van der Waals surface area contributed by atoms with Crippen LogP contribution in [0.3, 0.4) is 0 Å². The lowest BCUT2D eigenvalue weighted by Gasteiger charge is -2.24. The van der Waals surface area contributed by atoms with Crippen molar-refractivity contribution in [2.24, 2.45) is 23.7 Å². The second kappa shape index (κ2) is 4.45. The molecule has 1 aliphatic heterocycles. The zero-order chi connectivity index (χ0) is 11.8. The molecule has 3 heteroatoms. The number of aliphatic hydroxyl groups is 1.